The Kier molecular flexibility index (Phi) is 3.98. The summed E-state index contributed by atoms with van der Waals surface area (Å²) in [6.07, 6.45) is -0.0872. The van der Waals surface area contributed by atoms with Crippen molar-refractivity contribution in [1.82, 2.24) is 25.1 Å². The minimum absolute atomic E-state index is 0.0872. The van der Waals surface area contributed by atoms with Crippen molar-refractivity contribution in [3.8, 4) is 23.0 Å². The van der Waals surface area contributed by atoms with Gasteiger partial charge in [-0.05, 0) is 30.7 Å². The van der Waals surface area contributed by atoms with Crippen LogP contribution in [0.5, 0.6) is 0 Å². The molecule has 4 aromatic rings. The van der Waals surface area contributed by atoms with Crippen LogP contribution in [0.3, 0.4) is 0 Å². The van der Waals surface area contributed by atoms with Crippen molar-refractivity contribution in [3.63, 3.8) is 0 Å². The second-order valence-electron chi connectivity index (χ2n) is 6.71. The summed E-state index contributed by atoms with van der Waals surface area (Å²) in [5.74, 6) is 0.164. The maximum Gasteiger partial charge on any atom is 0.258 e. The minimum Gasteiger partial charge on any atom is -0.365 e. The van der Waals surface area contributed by atoms with E-state index in [4.69, 9.17) is 9.26 Å². The molecule has 1 atom stereocenters. The highest BCUT2D eigenvalue weighted by Gasteiger charge is 2.27. The van der Waals surface area contributed by atoms with Gasteiger partial charge in [0.15, 0.2) is 5.69 Å². The normalized spacial score (nSPS) is 16.1. The summed E-state index contributed by atoms with van der Waals surface area (Å²) in [5, 5.41) is 12.4. The smallest absolute Gasteiger partial charge is 0.258 e. The van der Waals surface area contributed by atoms with E-state index in [1.807, 2.05) is 4.68 Å². The van der Waals surface area contributed by atoms with Crippen molar-refractivity contribution >= 4 is 0 Å². The first-order valence-electron chi connectivity index (χ1n) is 8.88. The van der Waals surface area contributed by atoms with Crippen LogP contribution in [0.25, 0.3) is 23.0 Å². The van der Waals surface area contributed by atoms with Crippen LogP contribution in [-0.2, 0) is 17.9 Å². The maximum atomic E-state index is 13.4. The van der Waals surface area contributed by atoms with E-state index in [2.05, 4.69) is 51.6 Å². The molecule has 0 saturated carbocycles. The number of hydrogen-bond donors (Lipinski definition) is 0. The molecular formula is C20H16FN5O2. The first kappa shape index (κ1) is 16.8. The molecular weight excluding hydrogens is 361 g/mol. The van der Waals surface area contributed by atoms with E-state index < -0.39 is 0 Å². The van der Waals surface area contributed by atoms with Crippen molar-refractivity contribution in [1.29, 1.82) is 0 Å². The standard InChI is InChI=1S/C20H16FN5O2/c1-12-5-7-13(8-6-12)17-10-26-16(11-27-17)18(23-25-26)19-22-20(28-24-19)14-3-2-4-15(21)9-14/h2-9,17H,10-11H2,1H3. The van der Waals surface area contributed by atoms with E-state index >= 15 is 0 Å². The number of benzene rings is 2. The lowest BCUT2D eigenvalue weighted by molar-refractivity contribution is -0.00112. The van der Waals surface area contributed by atoms with Gasteiger partial charge in [0.05, 0.1) is 18.8 Å². The van der Waals surface area contributed by atoms with E-state index in [0.29, 0.717) is 30.2 Å². The van der Waals surface area contributed by atoms with Gasteiger partial charge in [-0.15, -0.1) is 5.10 Å². The van der Waals surface area contributed by atoms with Gasteiger partial charge in [0, 0.05) is 5.56 Å². The van der Waals surface area contributed by atoms with Crippen molar-refractivity contribution in [2.24, 2.45) is 0 Å². The molecule has 1 aliphatic heterocycles. The van der Waals surface area contributed by atoms with Crippen LogP contribution >= 0.6 is 0 Å². The Hall–Kier alpha value is -3.39. The predicted octanol–water partition coefficient (Wildman–Crippen LogP) is 3.71. The lowest BCUT2D eigenvalue weighted by atomic mass is 10.1. The largest absolute Gasteiger partial charge is 0.365 e. The second-order valence-corrected chi connectivity index (χ2v) is 6.71. The molecule has 0 spiro atoms. The quantitative estimate of drug-likeness (QED) is 0.541. The maximum absolute atomic E-state index is 13.4. The van der Waals surface area contributed by atoms with E-state index in [0.717, 1.165) is 11.3 Å². The first-order valence-corrected chi connectivity index (χ1v) is 8.88. The van der Waals surface area contributed by atoms with Crippen LogP contribution in [0.2, 0.25) is 0 Å². The summed E-state index contributed by atoms with van der Waals surface area (Å²) in [7, 11) is 0. The molecule has 0 fully saturated rings. The number of aromatic nitrogens is 5. The van der Waals surface area contributed by atoms with Gasteiger partial charge in [0.2, 0.25) is 5.82 Å². The second kappa shape index (κ2) is 6.65. The van der Waals surface area contributed by atoms with Crippen LogP contribution in [0.4, 0.5) is 4.39 Å². The molecule has 0 radical (unpaired) electrons. The number of hydrogen-bond acceptors (Lipinski definition) is 6. The highest BCUT2D eigenvalue weighted by molar-refractivity contribution is 5.58. The number of ether oxygens (including phenoxy) is 1. The number of nitrogens with zero attached hydrogens (tertiary/aromatic N) is 5. The highest BCUT2D eigenvalue weighted by Crippen LogP contribution is 2.30. The Balaban J connectivity index is 1.42. The fraction of sp³-hybridized carbons (Fsp3) is 0.200. The van der Waals surface area contributed by atoms with Crippen LogP contribution in [0.15, 0.2) is 53.1 Å². The molecule has 0 amide bonds. The molecule has 0 bridgehead atoms. The number of aryl methyl sites for hydroxylation is 1. The fourth-order valence-electron chi connectivity index (χ4n) is 3.23. The molecule has 1 unspecified atom stereocenters. The van der Waals surface area contributed by atoms with Gasteiger partial charge in [0.1, 0.15) is 11.9 Å². The summed E-state index contributed by atoms with van der Waals surface area (Å²) in [4.78, 5) is 4.34. The zero-order valence-corrected chi connectivity index (χ0v) is 15.0. The van der Waals surface area contributed by atoms with E-state index in [9.17, 15) is 4.39 Å². The van der Waals surface area contributed by atoms with E-state index in [-0.39, 0.29) is 17.8 Å². The third kappa shape index (κ3) is 2.97. The number of halogens is 1. The Morgan fingerprint density at radius 1 is 1.14 bits per heavy atom. The van der Waals surface area contributed by atoms with Crippen molar-refractivity contribution in [3.05, 3.63) is 71.2 Å². The molecule has 1 aliphatic rings. The van der Waals surface area contributed by atoms with Gasteiger partial charge in [0.25, 0.3) is 5.89 Å². The van der Waals surface area contributed by atoms with E-state index in [1.54, 1.807) is 12.1 Å². The van der Waals surface area contributed by atoms with Gasteiger partial charge in [-0.1, -0.05) is 46.3 Å². The monoisotopic (exact) mass is 377 g/mol. The van der Waals surface area contributed by atoms with Gasteiger partial charge in [-0.25, -0.2) is 9.07 Å². The molecule has 28 heavy (non-hydrogen) atoms. The Morgan fingerprint density at radius 2 is 2.00 bits per heavy atom. The average Bonchev–Trinajstić information content (AvgIpc) is 3.35. The zero-order valence-electron chi connectivity index (χ0n) is 15.0. The summed E-state index contributed by atoms with van der Waals surface area (Å²) < 4.78 is 26.5. The average molecular weight is 377 g/mol. The Bertz CT molecular complexity index is 1140. The first-order chi connectivity index (χ1) is 13.7. The molecule has 140 valence electrons. The summed E-state index contributed by atoms with van der Waals surface area (Å²) in [6.45, 7) is 2.95. The predicted molar refractivity (Wildman–Crippen MR) is 97.4 cm³/mol. The molecule has 8 heteroatoms. The van der Waals surface area contributed by atoms with Crippen LogP contribution < -0.4 is 0 Å². The summed E-state index contributed by atoms with van der Waals surface area (Å²) in [5.41, 5.74) is 4.11. The van der Waals surface area contributed by atoms with Crippen molar-refractivity contribution < 1.29 is 13.7 Å². The molecule has 3 heterocycles. The molecule has 0 saturated heterocycles. The third-order valence-electron chi connectivity index (χ3n) is 4.76. The van der Waals surface area contributed by atoms with Crippen molar-refractivity contribution in [2.45, 2.75) is 26.2 Å². The lowest BCUT2D eigenvalue weighted by Crippen LogP contribution is -2.22. The summed E-state index contributed by atoms with van der Waals surface area (Å²) >= 11 is 0. The number of rotatable bonds is 3. The fourth-order valence-corrected chi connectivity index (χ4v) is 3.23. The lowest BCUT2D eigenvalue weighted by Gasteiger charge is -2.24. The zero-order chi connectivity index (χ0) is 19.1. The number of fused-ring (bicyclic) bond motifs is 1. The van der Waals surface area contributed by atoms with Gasteiger partial charge in [-0.3, -0.25) is 0 Å². The van der Waals surface area contributed by atoms with Crippen molar-refractivity contribution in [2.75, 3.05) is 0 Å². The van der Waals surface area contributed by atoms with Crippen LogP contribution in [0.1, 0.15) is 22.9 Å². The third-order valence-corrected chi connectivity index (χ3v) is 4.76. The van der Waals surface area contributed by atoms with Crippen LogP contribution in [-0.4, -0.2) is 25.1 Å². The molecule has 2 aromatic heterocycles. The summed E-state index contributed by atoms with van der Waals surface area (Å²) in [6, 6.07) is 14.2. The van der Waals surface area contributed by atoms with Crippen LogP contribution in [0, 0.1) is 12.7 Å². The van der Waals surface area contributed by atoms with E-state index in [1.165, 1.54) is 17.7 Å². The Labute approximate surface area is 159 Å². The highest BCUT2D eigenvalue weighted by atomic mass is 19.1. The molecule has 2 aromatic carbocycles. The molecule has 7 nitrogen and oxygen atoms in total. The SMILES string of the molecule is Cc1ccc(C2Cn3nnc(-c4noc(-c5cccc(F)c5)n4)c3CO2)cc1. The molecule has 0 N–H and O–H groups in total. The topological polar surface area (TPSA) is 78.9 Å². The van der Waals surface area contributed by atoms with Gasteiger partial charge < -0.3 is 9.26 Å². The minimum atomic E-state index is -0.367. The Morgan fingerprint density at radius 3 is 2.82 bits per heavy atom. The molecule has 0 aliphatic carbocycles. The molecule has 5 rings (SSSR count). The van der Waals surface area contributed by atoms with Gasteiger partial charge >= 0.3 is 0 Å². The van der Waals surface area contributed by atoms with Gasteiger partial charge in [-0.2, -0.15) is 4.98 Å².